The van der Waals surface area contributed by atoms with Gasteiger partial charge in [-0.15, -0.1) is 0 Å². The molecule has 0 radical (unpaired) electrons. The van der Waals surface area contributed by atoms with Gasteiger partial charge in [-0.05, 0) is 62.0 Å². The first-order valence-corrected chi connectivity index (χ1v) is 11.5. The van der Waals surface area contributed by atoms with Gasteiger partial charge in [-0.3, -0.25) is 9.89 Å². The number of amides is 1. The van der Waals surface area contributed by atoms with E-state index in [1.165, 1.54) is 17.7 Å². The molecule has 0 spiro atoms. The predicted octanol–water partition coefficient (Wildman–Crippen LogP) is 3.34. The highest BCUT2D eigenvalue weighted by Gasteiger charge is 2.43. The lowest BCUT2D eigenvalue weighted by Gasteiger charge is -2.25. The van der Waals surface area contributed by atoms with Crippen molar-refractivity contribution in [3.63, 3.8) is 0 Å². The van der Waals surface area contributed by atoms with Crippen LogP contribution in [0.2, 0.25) is 0 Å². The molecule has 2 aromatic heterocycles. The molecule has 8 heteroatoms. The zero-order valence-electron chi connectivity index (χ0n) is 18.1. The summed E-state index contributed by atoms with van der Waals surface area (Å²) in [6.45, 7) is 1.43. The first-order valence-electron chi connectivity index (χ1n) is 11.5. The summed E-state index contributed by atoms with van der Waals surface area (Å²) >= 11 is 0. The van der Waals surface area contributed by atoms with E-state index in [0.717, 1.165) is 54.2 Å². The highest BCUT2D eigenvalue weighted by molar-refractivity contribution is 5.97. The van der Waals surface area contributed by atoms with Crippen molar-refractivity contribution in [2.75, 3.05) is 25.2 Å². The van der Waals surface area contributed by atoms with Gasteiger partial charge in [0.15, 0.2) is 5.82 Å². The number of carbonyl (C=O) groups is 1. The van der Waals surface area contributed by atoms with Crippen LogP contribution in [0.15, 0.2) is 12.1 Å². The standard InChI is InChI=1S/C24H26N6O2/c1-30(22(31)6-13-2-4-32-5-3-13)21-11-20-19(10-16(21)12-25)26-24(27-20)23-17-8-14-7-15(14)9-18(17)28-29-23/h10-11,13-15H,2-9H2,1H3,(H,26,27)(H,28,29). The van der Waals surface area contributed by atoms with Crippen molar-refractivity contribution < 1.29 is 9.53 Å². The minimum atomic E-state index is 0.0175. The van der Waals surface area contributed by atoms with Crippen LogP contribution in [0.25, 0.3) is 22.6 Å². The second-order valence-electron chi connectivity index (χ2n) is 9.49. The Hall–Kier alpha value is -3.18. The Morgan fingerprint density at radius 3 is 2.91 bits per heavy atom. The fourth-order valence-corrected chi connectivity index (χ4v) is 5.31. The van der Waals surface area contributed by atoms with Gasteiger partial charge in [-0.25, -0.2) is 4.98 Å². The van der Waals surface area contributed by atoms with E-state index in [-0.39, 0.29) is 5.91 Å². The summed E-state index contributed by atoms with van der Waals surface area (Å²) in [6.07, 6.45) is 5.72. The normalized spacial score (nSPS) is 22.2. The van der Waals surface area contributed by atoms with Crippen LogP contribution in [0.1, 0.15) is 42.5 Å². The van der Waals surface area contributed by atoms with Crippen LogP contribution < -0.4 is 4.90 Å². The smallest absolute Gasteiger partial charge is 0.227 e. The van der Waals surface area contributed by atoms with E-state index in [0.29, 0.717) is 42.6 Å². The van der Waals surface area contributed by atoms with Crippen molar-refractivity contribution in [3.8, 4) is 17.6 Å². The molecule has 1 saturated carbocycles. The lowest BCUT2D eigenvalue weighted by Crippen LogP contribution is -2.30. The molecule has 2 atom stereocenters. The third-order valence-electron chi connectivity index (χ3n) is 7.44. The summed E-state index contributed by atoms with van der Waals surface area (Å²) in [5.41, 5.74) is 5.95. The third-order valence-corrected chi connectivity index (χ3v) is 7.44. The van der Waals surface area contributed by atoms with Crippen molar-refractivity contribution in [1.29, 1.82) is 5.26 Å². The summed E-state index contributed by atoms with van der Waals surface area (Å²) in [5.74, 6) is 2.68. The molecule has 1 saturated heterocycles. The van der Waals surface area contributed by atoms with Crippen molar-refractivity contribution in [2.24, 2.45) is 17.8 Å². The molecule has 32 heavy (non-hydrogen) atoms. The maximum Gasteiger partial charge on any atom is 0.227 e. The Morgan fingerprint density at radius 1 is 1.28 bits per heavy atom. The summed E-state index contributed by atoms with van der Waals surface area (Å²) < 4.78 is 5.40. The largest absolute Gasteiger partial charge is 0.381 e. The molecule has 1 amide bonds. The first-order chi connectivity index (χ1) is 15.6. The summed E-state index contributed by atoms with van der Waals surface area (Å²) in [5, 5.41) is 17.5. The number of nitrogens with zero attached hydrogens (tertiary/aromatic N) is 4. The number of aromatic amines is 2. The summed E-state index contributed by atoms with van der Waals surface area (Å²) in [6, 6.07) is 5.88. The molecule has 2 fully saturated rings. The van der Waals surface area contributed by atoms with Gasteiger partial charge >= 0.3 is 0 Å². The number of aromatic nitrogens is 4. The molecule has 164 valence electrons. The van der Waals surface area contributed by atoms with Crippen LogP contribution >= 0.6 is 0 Å². The monoisotopic (exact) mass is 430 g/mol. The molecule has 0 bridgehead atoms. The molecule has 2 aliphatic carbocycles. The molecule has 1 aliphatic heterocycles. The molecule has 8 nitrogen and oxygen atoms in total. The van der Waals surface area contributed by atoms with Gasteiger partial charge in [0.25, 0.3) is 0 Å². The second kappa shape index (κ2) is 7.45. The number of hydrogen-bond donors (Lipinski definition) is 2. The quantitative estimate of drug-likeness (QED) is 0.660. The SMILES string of the molecule is CN(C(=O)CC1CCOCC1)c1cc2nc(-c3n[nH]c4c3CC3CC3C4)[nH]c2cc1C#N. The number of ether oxygens (including phenoxy) is 1. The Bertz CT molecular complexity index is 1250. The van der Waals surface area contributed by atoms with Crippen molar-refractivity contribution >= 4 is 22.6 Å². The average Bonchev–Trinajstić information content (AvgIpc) is 3.25. The Balaban J connectivity index is 1.31. The summed E-state index contributed by atoms with van der Waals surface area (Å²) in [4.78, 5) is 22.7. The summed E-state index contributed by atoms with van der Waals surface area (Å²) in [7, 11) is 1.74. The van der Waals surface area contributed by atoms with Crippen LogP contribution in [-0.2, 0) is 22.4 Å². The molecular formula is C24H26N6O2. The van der Waals surface area contributed by atoms with E-state index in [1.54, 1.807) is 18.0 Å². The third kappa shape index (κ3) is 3.28. The fourth-order valence-electron chi connectivity index (χ4n) is 5.31. The van der Waals surface area contributed by atoms with Crippen LogP contribution in [0.4, 0.5) is 5.69 Å². The number of H-pyrrole nitrogens is 2. The number of nitriles is 1. The van der Waals surface area contributed by atoms with E-state index in [2.05, 4.69) is 21.3 Å². The molecule has 1 aromatic carbocycles. The number of hydrogen-bond acceptors (Lipinski definition) is 5. The van der Waals surface area contributed by atoms with Crippen LogP contribution in [0, 0.1) is 29.1 Å². The van der Waals surface area contributed by atoms with E-state index in [9.17, 15) is 10.1 Å². The van der Waals surface area contributed by atoms with Crippen LogP contribution in [0.3, 0.4) is 0 Å². The number of imidazole rings is 1. The fraction of sp³-hybridized carbons (Fsp3) is 0.500. The van der Waals surface area contributed by atoms with Crippen LogP contribution in [-0.4, -0.2) is 46.3 Å². The van der Waals surface area contributed by atoms with Gasteiger partial charge in [0.05, 0.1) is 22.3 Å². The lowest BCUT2D eigenvalue weighted by molar-refractivity contribution is -0.119. The van der Waals surface area contributed by atoms with E-state index in [1.807, 2.05) is 6.07 Å². The van der Waals surface area contributed by atoms with Gasteiger partial charge in [0.1, 0.15) is 11.8 Å². The number of carbonyl (C=O) groups excluding carboxylic acids is 1. The molecule has 2 N–H and O–H groups in total. The Labute approximate surface area is 186 Å². The Kier molecular flexibility index (Phi) is 4.54. The number of anilines is 1. The van der Waals surface area contributed by atoms with E-state index in [4.69, 9.17) is 9.72 Å². The maximum absolute atomic E-state index is 12.9. The van der Waals surface area contributed by atoms with Gasteiger partial charge < -0.3 is 14.6 Å². The number of rotatable bonds is 4. The van der Waals surface area contributed by atoms with Gasteiger partial charge in [-0.1, -0.05) is 0 Å². The molecule has 3 aromatic rings. The number of fused-ring (bicyclic) bond motifs is 3. The lowest BCUT2D eigenvalue weighted by atomic mass is 9.96. The predicted molar refractivity (Wildman–Crippen MR) is 119 cm³/mol. The van der Waals surface area contributed by atoms with E-state index >= 15 is 0 Å². The number of nitrogens with one attached hydrogen (secondary N) is 2. The highest BCUT2D eigenvalue weighted by Crippen LogP contribution is 2.49. The van der Waals surface area contributed by atoms with Gasteiger partial charge in [0.2, 0.25) is 5.91 Å². The zero-order valence-corrected chi connectivity index (χ0v) is 18.1. The second-order valence-corrected chi connectivity index (χ2v) is 9.49. The molecule has 3 heterocycles. The molecule has 6 rings (SSSR count). The topological polar surface area (TPSA) is 111 Å². The minimum absolute atomic E-state index is 0.0175. The first kappa shape index (κ1) is 19.5. The van der Waals surface area contributed by atoms with Crippen molar-refractivity contribution in [2.45, 2.75) is 38.5 Å². The maximum atomic E-state index is 12.9. The van der Waals surface area contributed by atoms with Crippen molar-refractivity contribution in [1.82, 2.24) is 20.2 Å². The van der Waals surface area contributed by atoms with Gasteiger partial charge in [-0.2, -0.15) is 10.4 Å². The highest BCUT2D eigenvalue weighted by atomic mass is 16.5. The van der Waals surface area contributed by atoms with Crippen molar-refractivity contribution in [3.05, 3.63) is 29.0 Å². The molecule has 3 aliphatic rings. The average molecular weight is 431 g/mol. The van der Waals surface area contributed by atoms with E-state index < -0.39 is 0 Å². The van der Waals surface area contributed by atoms with Crippen LogP contribution in [0.5, 0.6) is 0 Å². The molecular weight excluding hydrogens is 404 g/mol. The Morgan fingerprint density at radius 2 is 2.09 bits per heavy atom. The molecule has 2 unspecified atom stereocenters. The zero-order chi connectivity index (χ0) is 21.8. The number of benzene rings is 1. The minimum Gasteiger partial charge on any atom is -0.381 e. The van der Waals surface area contributed by atoms with Gasteiger partial charge in [0, 0.05) is 37.9 Å².